The summed E-state index contributed by atoms with van der Waals surface area (Å²) in [6.45, 7) is 2.15. The van der Waals surface area contributed by atoms with Crippen LogP contribution in [-0.2, 0) is 13.9 Å². The van der Waals surface area contributed by atoms with Gasteiger partial charge in [-0.3, -0.25) is 9.32 Å². The highest BCUT2D eigenvalue weighted by Crippen LogP contribution is 2.40. The molecule has 0 bridgehead atoms. The summed E-state index contributed by atoms with van der Waals surface area (Å²) < 4.78 is 15.9. The lowest BCUT2D eigenvalue weighted by molar-refractivity contribution is -0.137. The molecule has 0 aliphatic carbocycles. The number of hydrogen-bond acceptors (Lipinski definition) is 4. The van der Waals surface area contributed by atoms with Crippen molar-refractivity contribution in [3.8, 4) is 0 Å². The molecule has 0 aromatic carbocycles. The Morgan fingerprint density at radius 3 is 1.92 bits per heavy atom. The predicted octanol–water partition coefficient (Wildman–Crippen LogP) is 4.39. The van der Waals surface area contributed by atoms with Gasteiger partial charge in [0.2, 0.25) is 0 Å². The third-order valence-electron chi connectivity index (χ3n) is 4.43. The summed E-state index contributed by atoms with van der Waals surface area (Å²) in [7, 11) is -4.62. The van der Waals surface area contributed by atoms with Gasteiger partial charge in [-0.1, -0.05) is 71.1 Å². The summed E-state index contributed by atoms with van der Waals surface area (Å²) in [5.74, 6) is -0.785. The molecule has 0 aliphatic rings. The van der Waals surface area contributed by atoms with Gasteiger partial charge in [0, 0.05) is 6.42 Å². The molecule has 0 saturated carbocycles. The summed E-state index contributed by atoms with van der Waals surface area (Å²) in [6, 6.07) is 0. The standard InChI is InChI=1S/C18H37O7P/c1-2-3-4-5-8-11-14-17(25-26(22,23)24)16(19)13-10-7-6-9-12-15-18(20)21/h16-17,19H,2-15H2,1H3,(H,20,21)(H2,22,23,24). The van der Waals surface area contributed by atoms with E-state index in [2.05, 4.69) is 6.92 Å². The highest BCUT2D eigenvalue weighted by molar-refractivity contribution is 7.46. The van der Waals surface area contributed by atoms with Crippen molar-refractivity contribution in [2.75, 3.05) is 0 Å². The molecule has 0 spiro atoms. The van der Waals surface area contributed by atoms with Gasteiger partial charge in [-0.25, -0.2) is 4.57 Å². The first kappa shape index (κ1) is 25.5. The van der Waals surface area contributed by atoms with Crippen molar-refractivity contribution in [1.29, 1.82) is 0 Å². The van der Waals surface area contributed by atoms with Gasteiger partial charge >= 0.3 is 13.8 Å². The Morgan fingerprint density at radius 2 is 1.38 bits per heavy atom. The topological polar surface area (TPSA) is 124 Å². The quantitative estimate of drug-likeness (QED) is 0.200. The lowest BCUT2D eigenvalue weighted by Gasteiger charge is -2.23. The highest BCUT2D eigenvalue weighted by Gasteiger charge is 2.27. The molecule has 0 fully saturated rings. The fourth-order valence-electron chi connectivity index (χ4n) is 2.96. The van der Waals surface area contributed by atoms with E-state index in [1.165, 1.54) is 12.8 Å². The molecule has 2 unspecified atom stereocenters. The van der Waals surface area contributed by atoms with Gasteiger partial charge in [0.1, 0.15) is 0 Å². The number of phosphoric acid groups is 1. The summed E-state index contributed by atoms with van der Waals surface area (Å²) in [5.41, 5.74) is 0. The molecule has 0 aliphatic heterocycles. The van der Waals surface area contributed by atoms with E-state index in [-0.39, 0.29) is 6.42 Å². The number of aliphatic carboxylic acids is 1. The van der Waals surface area contributed by atoms with Crippen LogP contribution >= 0.6 is 7.82 Å². The first-order valence-corrected chi connectivity index (χ1v) is 11.4. The molecule has 0 heterocycles. The first-order valence-electron chi connectivity index (χ1n) is 9.90. The van der Waals surface area contributed by atoms with Crippen molar-refractivity contribution in [2.24, 2.45) is 0 Å². The number of carboxylic acids is 1. The molecule has 8 heteroatoms. The minimum Gasteiger partial charge on any atom is -0.481 e. The largest absolute Gasteiger partial charge is 0.481 e. The molecule has 0 amide bonds. The van der Waals surface area contributed by atoms with Crippen molar-refractivity contribution in [3.63, 3.8) is 0 Å². The fraction of sp³-hybridized carbons (Fsp3) is 0.944. The molecular formula is C18H37O7P. The van der Waals surface area contributed by atoms with Crippen molar-refractivity contribution in [1.82, 2.24) is 0 Å². The average molecular weight is 396 g/mol. The van der Waals surface area contributed by atoms with Gasteiger partial charge in [-0.15, -0.1) is 0 Å². The zero-order chi connectivity index (χ0) is 19.8. The Hall–Kier alpha value is -0.460. The van der Waals surface area contributed by atoms with Gasteiger partial charge < -0.3 is 20.0 Å². The Bertz CT molecular complexity index is 397. The maximum Gasteiger partial charge on any atom is 0.469 e. The van der Waals surface area contributed by atoms with Gasteiger partial charge in [0.25, 0.3) is 0 Å². The second-order valence-electron chi connectivity index (χ2n) is 6.96. The molecule has 26 heavy (non-hydrogen) atoms. The van der Waals surface area contributed by atoms with Crippen molar-refractivity contribution in [2.45, 2.75) is 109 Å². The number of aliphatic hydroxyl groups excluding tert-OH is 1. The Balaban J connectivity index is 4.04. The molecule has 0 saturated heterocycles. The molecule has 7 nitrogen and oxygen atoms in total. The molecule has 2 atom stereocenters. The molecular weight excluding hydrogens is 359 g/mol. The van der Waals surface area contributed by atoms with Crippen LogP contribution in [0, 0.1) is 0 Å². The summed E-state index contributed by atoms with van der Waals surface area (Å²) >= 11 is 0. The number of phosphoric ester groups is 1. The number of rotatable bonds is 18. The second-order valence-corrected chi connectivity index (χ2v) is 8.15. The van der Waals surface area contributed by atoms with E-state index in [9.17, 15) is 14.5 Å². The van der Waals surface area contributed by atoms with Crippen LogP contribution in [0.5, 0.6) is 0 Å². The van der Waals surface area contributed by atoms with Gasteiger partial charge in [0.15, 0.2) is 0 Å². The lowest BCUT2D eigenvalue weighted by Crippen LogP contribution is -2.28. The van der Waals surface area contributed by atoms with E-state index in [0.29, 0.717) is 19.3 Å². The second kappa shape index (κ2) is 15.6. The summed E-state index contributed by atoms with van der Waals surface area (Å²) in [5, 5.41) is 18.8. The van der Waals surface area contributed by atoms with E-state index in [0.717, 1.165) is 51.4 Å². The van der Waals surface area contributed by atoms with E-state index >= 15 is 0 Å². The van der Waals surface area contributed by atoms with Crippen molar-refractivity contribution >= 4 is 13.8 Å². The molecule has 0 aromatic heterocycles. The predicted molar refractivity (Wildman–Crippen MR) is 101 cm³/mol. The van der Waals surface area contributed by atoms with Crippen LogP contribution in [0.2, 0.25) is 0 Å². The van der Waals surface area contributed by atoms with Gasteiger partial charge in [0.05, 0.1) is 12.2 Å². The van der Waals surface area contributed by atoms with Gasteiger partial charge in [-0.05, 0) is 19.3 Å². The maximum absolute atomic E-state index is 11.1. The Labute approximate surface area is 157 Å². The zero-order valence-corrected chi connectivity index (χ0v) is 16.9. The van der Waals surface area contributed by atoms with Crippen LogP contribution in [0.3, 0.4) is 0 Å². The maximum atomic E-state index is 11.1. The molecule has 156 valence electrons. The highest BCUT2D eigenvalue weighted by atomic mass is 31.2. The Kier molecular flexibility index (Phi) is 15.3. The van der Waals surface area contributed by atoms with E-state index in [1.54, 1.807) is 0 Å². The third kappa shape index (κ3) is 17.0. The van der Waals surface area contributed by atoms with Crippen molar-refractivity contribution in [3.05, 3.63) is 0 Å². The number of carboxylic acid groups (broad SMARTS) is 1. The monoisotopic (exact) mass is 396 g/mol. The summed E-state index contributed by atoms with van der Waals surface area (Å²) in [6.07, 6.45) is 9.63. The fourth-order valence-corrected chi connectivity index (χ4v) is 3.56. The minimum absolute atomic E-state index is 0.180. The van der Waals surface area contributed by atoms with E-state index < -0.39 is 26.0 Å². The van der Waals surface area contributed by atoms with E-state index in [1.807, 2.05) is 0 Å². The zero-order valence-electron chi connectivity index (χ0n) is 16.0. The minimum atomic E-state index is -4.62. The molecule has 4 N–H and O–H groups in total. The first-order chi connectivity index (χ1) is 12.3. The van der Waals surface area contributed by atoms with Crippen LogP contribution in [0.25, 0.3) is 0 Å². The summed E-state index contributed by atoms with van der Waals surface area (Å²) in [4.78, 5) is 28.5. The Morgan fingerprint density at radius 1 is 0.885 bits per heavy atom. The van der Waals surface area contributed by atoms with E-state index in [4.69, 9.17) is 19.4 Å². The van der Waals surface area contributed by atoms with Crippen molar-refractivity contribution < 1.29 is 33.9 Å². The molecule has 0 radical (unpaired) electrons. The van der Waals surface area contributed by atoms with Crippen LogP contribution in [0.15, 0.2) is 0 Å². The smallest absolute Gasteiger partial charge is 0.469 e. The number of aliphatic hydroxyl groups is 1. The normalized spacial score (nSPS) is 14.3. The third-order valence-corrected chi connectivity index (χ3v) is 4.98. The van der Waals surface area contributed by atoms with Crippen LogP contribution in [0.1, 0.15) is 96.8 Å². The number of hydrogen-bond donors (Lipinski definition) is 4. The molecule has 0 aromatic rings. The van der Waals surface area contributed by atoms with Crippen LogP contribution in [0.4, 0.5) is 0 Å². The van der Waals surface area contributed by atoms with Gasteiger partial charge in [-0.2, -0.15) is 0 Å². The average Bonchev–Trinajstić information content (AvgIpc) is 2.54. The van der Waals surface area contributed by atoms with Crippen LogP contribution in [-0.4, -0.2) is 38.2 Å². The number of unbranched alkanes of at least 4 members (excludes halogenated alkanes) is 9. The lowest BCUT2D eigenvalue weighted by atomic mass is 9.99. The molecule has 0 rings (SSSR count). The number of carbonyl (C=O) groups is 1. The van der Waals surface area contributed by atoms with Crippen LogP contribution < -0.4 is 0 Å². The SMILES string of the molecule is CCCCCCCCC(OP(=O)(O)O)C(O)CCCCCCCC(=O)O.